The number of oxime groups is 1. The molecule has 0 spiro atoms. The van der Waals surface area contributed by atoms with Crippen molar-refractivity contribution in [3.05, 3.63) is 99.6 Å². The third-order valence-electron chi connectivity index (χ3n) is 4.40. The van der Waals surface area contributed by atoms with Crippen molar-refractivity contribution in [2.45, 2.75) is 19.6 Å². The maximum atomic E-state index is 10.9. The summed E-state index contributed by atoms with van der Waals surface area (Å²) < 4.78 is 11.3. The fraction of sp³-hybridized carbons (Fsp3) is 0.174. The molecule has 0 radical (unpaired) electrons. The Labute approximate surface area is 174 Å². The van der Waals surface area contributed by atoms with E-state index in [1.165, 1.54) is 12.1 Å². The smallest absolute Gasteiger partial charge is 0.269 e. The predicted molar refractivity (Wildman–Crippen MR) is 114 cm³/mol. The minimum atomic E-state index is -0.437. The summed E-state index contributed by atoms with van der Waals surface area (Å²) in [5.41, 5.74) is 2.52. The van der Waals surface area contributed by atoms with Crippen molar-refractivity contribution in [1.82, 2.24) is 0 Å². The second-order valence-corrected chi connectivity index (χ2v) is 6.52. The molecule has 1 atom stereocenters. The summed E-state index contributed by atoms with van der Waals surface area (Å²) >= 11 is 0. The number of nitro benzene ring substituents is 1. The van der Waals surface area contributed by atoms with Gasteiger partial charge in [-0.15, -0.1) is 0 Å². The summed E-state index contributed by atoms with van der Waals surface area (Å²) in [6.45, 7) is 2.21. The summed E-state index contributed by atoms with van der Waals surface area (Å²) in [5, 5.41) is 14.9. The molecule has 0 saturated carbocycles. The maximum absolute atomic E-state index is 10.9. The largest absolute Gasteiger partial charge is 0.493 e. The summed E-state index contributed by atoms with van der Waals surface area (Å²) in [5.74, 6) is 1.21. The molecule has 0 heterocycles. The molecule has 30 heavy (non-hydrogen) atoms. The highest BCUT2D eigenvalue weighted by molar-refractivity contribution is 5.80. The van der Waals surface area contributed by atoms with E-state index in [4.69, 9.17) is 14.3 Å². The Morgan fingerprint density at radius 1 is 1.03 bits per heavy atom. The van der Waals surface area contributed by atoms with E-state index < -0.39 is 11.0 Å². The summed E-state index contributed by atoms with van der Waals surface area (Å²) in [6, 6.07) is 21.6. The first-order valence-corrected chi connectivity index (χ1v) is 9.35. The lowest BCUT2D eigenvalue weighted by molar-refractivity contribution is -0.385. The highest BCUT2D eigenvalue weighted by Crippen LogP contribution is 2.28. The van der Waals surface area contributed by atoms with Gasteiger partial charge in [-0.3, -0.25) is 10.1 Å². The van der Waals surface area contributed by atoms with Gasteiger partial charge >= 0.3 is 0 Å². The van der Waals surface area contributed by atoms with Crippen molar-refractivity contribution in [3.63, 3.8) is 0 Å². The summed E-state index contributed by atoms with van der Waals surface area (Å²) in [7, 11) is 1.58. The molecule has 7 heteroatoms. The van der Waals surface area contributed by atoms with E-state index in [0.29, 0.717) is 23.7 Å². The quantitative estimate of drug-likeness (QED) is 0.274. The Balaban J connectivity index is 1.62. The average Bonchev–Trinajstić information content (AvgIpc) is 2.78. The third-order valence-corrected chi connectivity index (χ3v) is 4.40. The number of hydrogen-bond acceptors (Lipinski definition) is 6. The Hall–Kier alpha value is -3.87. The number of nitro groups is 1. The molecular formula is C23H22N2O5. The van der Waals surface area contributed by atoms with Crippen LogP contribution in [-0.2, 0) is 11.4 Å². The molecule has 0 saturated heterocycles. The van der Waals surface area contributed by atoms with Crippen LogP contribution in [0.25, 0.3) is 0 Å². The van der Waals surface area contributed by atoms with E-state index in [1.807, 2.05) is 42.5 Å². The Kier molecular flexibility index (Phi) is 7.00. The molecule has 0 bridgehead atoms. The number of ether oxygens (including phenoxy) is 2. The highest BCUT2D eigenvalue weighted by Gasteiger charge is 2.12. The molecule has 0 N–H and O–H groups in total. The van der Waals surface area contributed by atoms with Crippen molar-refractivity contribution in [3.8, 4) is 11.5 Å². The monoisotopic (exact) mass is 406 g/mol. The maximum Gasteiger partial charge on any atom is 0.269 e. The van der Waals surface area contributed by atoms with Gasteiger partial charge in [0, 0.05) is 23.3 Å². The minimum Gasteiger partial charge on any atom is -0.493 e. The van der Waals surface area contributed by atoms with Crippen LogP contribution in [0.15, 0.2) is 78.0 Å². The zero-order valence-corrected chi connectivity index (χ0v) is 16.7. The number of methoxy groups -OCH3 is 1. The summed E-state index contributed by atoms with van der Waals surface area (Å²) in [4.78, 5) is 15.9. The molecule has 0 aliphatic heterocycles. The normalized spacial score (nSPS) is 11.8. The topological polar surface area (TPSA) is 83.2 Å². The van der Waals surface area contributed by atoms with Gasteiger partial charge in [-0.05, 0) is 30.7 Å². The molecule has 0 unspecified atom stereocenters. The van der Waals surface area contributed by atoms with E-state index in [2.05, 4.69) is 5.16 Å². The van der Waals surface area contributed by atoms with Crippen LogP contribution >= 0.6 is 0 Å². The van der Waals surface area contributed by atoms with Crippen LogP contribution in [-0.4, -0.2) is 18.2 Å². The van der Waals surface area contributed by atoms with Gasteiger partial charge in [-0.2, -0.15) is 0 Å². The van der Waals surface area contributed by atoms with E-state index in [0.717, 1.165) is 11.1 Å². The first-order chi connectivity index (χ1) is 14.6. The van der Waals surface area contributed by atoms with Gasteiger partial charge in [0.1, 0.15) is 12.7 Å². The molecule has 7 nitrogen and oxygen atoms in total. The molecule has 0 aliphatic rings. The van der Waals surface area contributed by atoms with E-state index >= 15 is 0 Å². The molecule has 0 aromatic heterocycles. The lowest BCUT2D eigenvalue weighted by Crippen LogP contribution is -1.99. The standard InChI is InChI=1S/C23H22N2O5/c1-17(20-9-6-10-21(14-20)25(26)27)30-24-15-19-11-12-22(23(13-19)28-2)29-16-18-7-4-3-5-8-18/h3-15,17H,16H2,1-2H3/b24-15-/t17-/m0/s1. The van der Waals surface area contributed by atoms with Crippen LogP contribution in [0.5, 0.6) is 11.5 Å². The Morgan fingerprint density at radius 3 is 2.57 bits per heavy atom. The number of benzene rings is 3. The second kappa shape index (κ2) is 10.1. The van der Waals surface area contributed by atoms with Crippen LogP contribution in [0.3, 0.4) is 0 Å². The van der Waals surface area contributed by atoms with Gasteiger partial charge < -0.3 is 14.3 Å². The van der Waals surface area contributed by atoms with Gasteiger partial charge in [0.25, 0.3) is 5.69 Å². The molecule has 0 aliphatic carbocycles. The number of nitrogens with zero attached hydrogens (tertiary/aromatic N) is 2. The summed E-state index contributed by atoms with van der Waals surface area (Å²) in [6.07, 6.45) is 1.12. The zero-order chi connectivity index (χ0) is 21.3. The van der Waals surface area contributed by atoms with Gasteiger partial charge in [0.2, 0.25) is 0 Å². The van der Waals surface area contributed by atoms with Crippen LogP contribution in [0.2, 0.25) is 0 Å². The van der Waals surface area contributed by atoms with Crippen molar-refractivity contribution >= 4 is 11.9 Å². The van der Waals surface area contributed by atoms with E-state index in [-0.39, 0.29) is 5.69 Å². The molecule has 3 aromatic carbocycles. The number of non-ortho nitro benzene ring substituents is 1. The van der Waals surface area contributed by atoms with Gasteiger partial charge in [-0.1, -0.05) is 47.6 Å². The molecule has 3 aromatic rings. The van der Waals surface area contributed by atoms with E-state index in [9.17, 15) is 10.1 Å². The first-order valence-electron chi connectivity index (χ1n) is 9.35. The number of hydrogen-bond donors (Lipinski definition) is 0. The lowest BCUT2D eigenvalue weighted by atomic mass is 10.1. The van der Waals surface area contributed by atoms with Crippen molar-refractivity contribution in [2.24, 2.45) is 5.16 Å². The van der Waals surface area contributed by atoms with Gasteiger partial charge in [0.05, 0.1) is 18.2 Å². The first kappa shape index (κ1) is 20.9. The Morgan fingerprint density at radius 2 is 1.83 bits per heavy atom. The van der Waals surface area contributed by atoms with Crippen LogP contribution in [0.1, 0.15) is 29.7 Å². The van der Waals surface area contributed by atoms with Crippen molar-refractivity contribution < 1.29 is 19.2 Å². The van der Waals surface area contributed by atoms with Gasteiger partial charge in [0.15, 0.2) is 11.5 Å². The Bertz CT molecular complexity index is 1020. The van der Waals surface area contributed by atoms with Crippen LogP contribution < -0.4 is 9.47 Å². The lowest BCUT2D eigenvalue weighted by Gasteiger charge is -2.12. The van der Waals surface area contributed by atoms with E-state index in [1.54, 1.807) is 38.4 Å². The third kappa shape index (κ3) is 5.57. The molecule has 0 fully saturated rings. The molecule has 3 rings (SSSR count). The molecular weight excluding hydrogens is 384 g/mol. The zero-order valence-electron chi connectivity index (χ0n) is 16.7. The fourth-order valence-corrected chi connectivity index (χ4v) is 2.75. The van der Waals surface area contributed by atoms with Crippen LogP contribution in [0.4, 0.5) is 5.69 Å². The van der Waals surface area contributed by atoms with Gasteiger partial charge in [-0.25, -0.2) is 0 Å². The van der Waals surface area contributed by atoms with Crippen molar-refractivity contribution in [1.29, 1.82) is 0 Å². The fourth-order valence-electron chi connectivity index (χ4n) is 2.75. The molecule has 0 amide bonds. The average molecular weight is 406 g/mol. The predicted octanol–water partition coefficient (Wildman–Crippen LogP) is 5.29. The SMILES string of the molecule is COc1cc(/C=N\O[C@@H](C)c2cccc([N+](=O)[O-])c2)ccc1OCc1ccccc1. The highest BCUT2D eigenvalue weighted by atomic mass is 16.6. The molecule has 154 valence electrons. The second-order valence-electron chi connectivity index (χ2n) is 6.52. The number of rotatable bonds is 9. The van der Waals surface area contributed by atoms with Crippen molar-refractivity contribution in [2.75, 3.05) is 7.11 Å². The van der Waals surface area contributed by atoms with Crippen LogP contribution in [0, 0.1) is 10.1 Å². The minimum absolute atomic E-state index is 0.0164.